The molecule has 2 N–H and O–H groups in total. The molecule has 0 saturated carbocycles. The zero-order chi connectivity index (χ0) is 17.5. The molecule has 24 heavy (non-hydrogen) atoms. The van der Waals surface area contributed by atoms with E-state index >= 15 is 0 Å². The number of nitrogens with zero attached hydrogens (tertiary/aromatic N) is 1. The molecule has 0 radical (unpaired) electrons. The summed E-state index contributed by atoms with van der Waals surface area (Å²) in [5.41, 5.74) is 2.68. The van der Waals surface area contributed by atoms with Gasteiger partial charge in [-0.05, 0) is 35.7 Å². The average Bonchev–Trinajstić information content (AvgIpc) is 2.55. The molecule has 0 aliphatic rings. The number of nitriles is 1. The van der Waals surface area contributed by atoms with Crippen LogP contribution in [-0.4, -0.2) is 11.8 Å². The first-order valence-corrected chi connectivity index (χ1v) is 7.68. The van der Waals surface area contributed by atoms with Gasteiger partial charge < -0.3 is 10.6 Å². The first-order valence-electron chi connectivity index (χ1n) is 7.68. The van der Waals surface area contributed by atoms with Crippen molar-refractivity contribution in [1.82, 2.24) is 0 Å². The number of carbonyl (C=O) groups excluding carboxylic acids is 2. The Morgan fingerprint density at radius 2 is 1.75 bits per heavy atom. The van der Waals surface area contributed by atoms with Crippen LogP contribution in [-0.2, 0) is 9.59 Å². The van der Waals surface area contributed by atoms with Gasteiger partial charge in [0.1, 0.15) is 6.42 Å². The zero-order valence-electron chi connectivity index (χ0n) is 13.7. The van der Waals surface area contributed by atoms with Gasteiger partial charge in [-0.1, -0.05) is 38.1 Å². The topological polar surface area (TPSA) is 82.0 Å². The molecule has 0 fully saturated rings. The highest BCUT2D eigenvalue weighted by Crippen LogP contribution is 2.23. The van der Waals surface area contributed by atoms with Gasteiger partial charge in [-0.3, -0.25) is 9.59 Å². The summed E-state index contributed by atoms with van der Waals surface area (Å²) in [6.45, 7) is 4.08. The smallest absolute Gasteiger partial charge is 0.233 e. The number of rotatable bonds is 5. The van der Waals surface area contributed by atoms with Crippen molar-refractivity contribution in [3.05, 3.63) is 59.7 Å². The number of nitrogens with one attached hydrogen (secondary N) is 2. The number of anilines is 2. The highest BCUT2D eigenvalue weighted by Gasteiger charge is 2.13. The predicted octanol–water partition coefficient (Wildman–Crippen LogP) is 3.65. The van der Waals surface area contributed by atoms with E-state index in [1.54, 1.807) is 24.3 Å². The van der Waals surface area contributed by atoms with Crippen LogP contribution in [0, 0.1) is 11.3 Å². The summed E-state index contributed by atoms with van der Waals surface area (Å²) < 4.78 is 0. The van der Waals surface area contributed by atoms with Crippen LogP contribution in [0.3, 0.4) is 0 Å². The van der Waals surface area contributed by atoms with Crippen LogP contribution in [0.4, 0.5) is 11.4 Å². The third kappa shape index (κ3) is 4.68. The number of carbonyl (C=O) groups is 2. The van der Waals surface area contributed by atoms with E-state index in [1.165, 1.54) is 0 Å². The minimum Gasteiger partial charge on any atom is -0.326 e. The van der Waals surface area contributed by atoms with Crippen molar-refractivity contribution in [3.63, 3.8) is 0 Å². The molecule has 0 bridgehead atoms. The van der Waals surface area contributed by atoms with Crippen molar-refractivity contribution < 1.29 is 9.59 Å². The molecule has 0 saturated heterocycles. The van der Waals surface area contributed by atoms with E-state index in [4.69, 9.17) is 5.26 Å². The van der Waals surface area contributed by atoms with Crippen LogP contribution >= 0.6 is 0 Å². The van der Waals surface area contributed by atoms with Gasteiger partial charge in [0.05, 0.1) is 11.6 Å². The Bertz CT molecular complexity index is 791. The molecule has 0 atom stereocenters. The van der Waals surface area contributed by atoms with Crippen molar-refractivity contribution in [2.45, 2.75) is 26.2 Å². The van der Waals surface area contributed by atoms with Crippen molar-refractivity contribution in [1.29, 1.82) is 5.26 Å². The minimum absolute atomic E-state index is 0.268. The van der Waals surface area contributed by atoms with Crippen molar-refractivity contribution in [2.24, 2.45) is 0 Å². The second kappa shape index (κ2) is 7.93. The highest BCUT2D eigenvalue weighted by molar-refractivity contribution is 6.08. The molecule has 0 spiro atoms. The lowest BCUT2D eigenvalue weighted by Crippen LogP contribution is -2.22. The van der Waals surface area contributed by atoms with E-state index in [2.05, 4.69) is 10.6 Å². The maximum atomic E-state index is 12.1. The summed E-state index contributed by atoms with van der Waals surface area (Å²) >= 11 is 0. The van der Waals surface area contributed by atoms with Crippen LogP contribution < -0.4 is 10.6 Å². The second-order valence-electron chi connectivity index (χ2n) is 5.71. The largest absolute Gasteiger partial charge is 0.326 e. The molecule has 0 aliphatic heterocycles. The van der Waals surface area contributed by atoms with Crippen molar-refractivity contribution >= 4 is 23.2 Å². The first-order chi connectivity index (χ1) is 11.5. The number of benzene rings is 2. The molecule has 0 aliphatic carbocycles. The molecule has 0 unspecified atom stereocenters. The Kier molecular flexibility index (Phi) is 5.69. The zero-order valence-corrected chi connectivity index (χ0v) is 13.7. The van der Waals surface area contributed by atoms with Gasteiger partial charge in [-0.15, -0.1) is 0 Å². The van der Waals surface area contributed by atoms with Gasteiger partial charge in [-0.2, -0.15) is 5.26 Å². The average molecular weight is 321 g/mol. The Balaban J connectivity index is 1.97. The molecular weight excluding hydrogens is 302 g/mol. The number of hydrogen-bond acceptors (Lipinski definition) is 3. The van der Waals surface area contributed by atoms with Crippen LogP contribution in [0.2, 0.25) is 0 Å². The molecule has 122 valence electrons. The van der Waals surface area contributed by atoms with E-state index in [0.717, 1.165) is 11.3 Å². The van der Waals surface area contributed by atoms with Gasteiger partial charge in [0, 0.05) is 11.4 Å². The lowest BCUT2D eigenvalue weighted by molar-refractivity contribution is -0.123. The van der Waals surface area contributed by atoms with Crippen molar-refractivity contribution in [3.8, 4) is 6.07 Å². The van der Waals surface area contributed by atoms with Crippen LogP contribution in [0.25, 0.3) is 0 Å². The lowest BCUT2D eigenvalue weighted by atomic mass is 10.0. The minimum atomic E-state index is -0.426. The van der Waals surface area contributed by atoms with Gasteiger partial charge in [0.25, 0.3) is 0 Å². The maximum Gasteiger partial charge on any atom is 0.233 e. The quantitative estimate of drug-likeness (QED) is 0.825. The third-order valence-electron chi connectivity index (χ3n) is 3.45. The summed E-state index contributed by atoms with van der Waals surface area (Å²) in [5, 5.41) is 14.2. The molecule has 2 amide bonds. The maximum absolute atomic E-state index is 12.1. The molecular formula is C19H19N3O2. The summed E-state index contributed by atoms with van der Waals surface area (Å²) in [6.07, 6.45) is -0.288. The summed E-state index contributed by atoms with van der Waals surface area (Å²) in [5.74, 6) is -0.536. The van der Waals surface area contributed by atoms with Gasteiger partial charge in [0.2, 0.25) is 11.8 Å². The third-order valence-corrected chi connectivity index (χ3v) is 3.45. The van der Waals surface area contributed by atoms with E-state index < -0.39 is 5.91 Å². The molecule has 2 aromatic rings. The fraction of sp³-hybridized carbons (Fsp3) is 0.211. The normalized spacial score (nSPS) is 10.1. The molecule has 0 aromatic heterocycles. The number of amides is 2. The molecule has 2 rings (SSSR count). The molecule has 5 heteroatoms. The summed E-state index contributed by atoms with van der Waals surface area (Å²) in [6, 6.07) is 16.1. The number of para-hydroxylation sites is 1. The SMILES string of the molecule is CC(C)c1ccccc1NC(=O)CC(=O)Nc1cccc(C#N)c1. The van der Waals surface area contributed by atoms with E-state index in [1.807, 2.05) is 44.2 Å². The lowest BCUT2D eigenvalue weighted by Gasteiger charge is -2.13. The summed E-state index contributed by atoms with van der Waals surface area (Å²) in [7, 11) is 0. The van der Waals surface area contributed by atoms with Crippen molar-refractivity contribution in [2.75, 3.05) is 10.6 Å². The molecule has 2 aromatic carbocycles. The van der Waals surface area contributed by atoms with Crippen LogP contribution in [0.1, 0.15) is 37.3 Å². The van der Waals surface area contributed by atoms with Crippen LogP contribution in [0.5, 0.6) is 0 Å². The Labute approximate surface area is 141 Å². The van der Waals surface area contributed by atoms with Gasteiger partial charge in [0.15, 0.2) is 0 Å². The van der Waals surface area contributed by atoms with E-state index in [0.29, 0.717) is 11.3 Å². The predicted molar refractivity (Wildman–Crippen MR) is 93.6 cm³/mol. The monoisotopic (exact) mass is 321 g/mol. The Hall–Kier alpha value is -3.13. The molecule has 0 heterocycles. The summed E-state index contributed by atoms with van der Waals surface area (Å²) in [4.78, 5) is 24.1. The fourth-order valence-corrected chi connectivity index (χ4v) is 2.33. The van der Waals surface area contributed by atoms with Crippen LogP contribution in [0.15, 0.2) is 48.5 Å². The second-order valence-corrected chi connectivity index (χ2v) is 5.71. The van der Waals surface area contributed by atoms with Gasteiger partial charge >= 0.3 is 0 Å². The van der Waals surface area contributed by atoms with E-state index in [9.17, 15) is 9.59 Å². The molecule has 5 nitrogen and oxygen atoms in total. The van der Waals surface area contributed by atoms with Gasteiger partial charge in [-0.25, -0.2) is 0 Å². The Morgan fingerprint density at radius 3 is 2.46 bits per heavy atom. The number of hydrogen-bond donors (Lipinski definition) is 2. The highest BCUT2D eigenvalue weighted by atomic mass is 16.2. The Morgan fingerprint density at radius 1 is 1.04 bits per heavy atom. The van der Waals surface area contributed by atoms with E-state index in [-0.39, 0.29) is 18.2 Å². The first kappa shape index (κ1) is 17.2. The fourth-order valence-electron chi connectivity index (χ4n) is 2.33. The standard InChI is InChI=1S/C19H19N3O2/c1-13(2)16-8-3-4-9-17(16)22-19(24)11-18(23)21-15-7-5-6-14(10-15)12-20/h3-10,13H,11H2,1-2H3,(H,21,23)(H,22,24).